The maximum Gasteiger partial charge on any atom is 0.287 e. The summed E-state index contributed by atoms with van der Waals surface area (Å²) >= 11 is 0. The molecular weight excluding hydrogens is 303 g/mol. The second-order valence-electron chi connectivity index (χ2n) is 5.72. The normalized spacial score (nSPS) is 18.3. The third kappa shape index (κ3) is 2.69. The first-order chi connectivity index (χ1) is 10.9. The largest absolute Gasteiger partial charge is 0.451 e. The average Bonchev–Trinajstić information content (AvgIpc) is 3.00. The molecule has 0 saturated carbocycles. The van der Waals surface area contributed by atoms with Gasteiger partial charge in [-0.3, -0.25) is 19.3 Å². The Kier molecular flexibility index (Phi) is 3.63. The molecular formula is C16H15FN2O4. The SMILES string of the molecule is CC(C)N1C(=O)CC(NC(=O)c2cc3cc(F)ccc3o2)C1=O. The molecule has 120 valence electrons. The highest BCUT2D eigenvalue weighted by Crippen LogP contribution is 2.21. The molecule has 1 aromatic heterocycles. The van der Waals surface area contributed by atoms with Crippen molar-refractivity contribution in [1.29, 1.82) is 0 Å². The van der Waals surface area contributed by atoms with Crippen LogP contribution in [0.5, 0.6) is 0 Å². The second kappa shape index (κ2) is 5.49. The van der Waals surface area contributed by atoms with E-state index in [1.807, 2.05) is 0 Å². The van der Waals surface area contributed by atoms with E-state index >= 15 is 0 Å². The molecule has 1 saturated heterocycles. The number of benzene rings is 1. The fourth-order valence-electron chi connectivity index (χ4n) is 2.66. The van der Waals surface area contributed by atoms with Gasteiger partial charge in [0.05, 0.1) is 6.42 Å². The van der Waals surface area contributed by atoms with Gasteiger partial charge in [0, 0.05) is 11.4 Å². The number of amides is 3. The van der Waals surface area contributed by atoms with Crippen LogP contribution in [0.3, 0.4) is 0 Å². The summed E-state index contributed by atoms with van der Waals surface area (Å²) in [6, 6.07) is 4.14. The summed E-state index contributed by atoms with van der Waals surface area (Å²) in [5, 5.41) is 2.95. The highest BCUT2D eigenvalue weighted by Gasteiger charge is 2.41. The van der Waals surface area contributed by atoms with E-state index in [1.165, 1.54) is 24.3 Å². The predicted molar refractivity (Wildman–Crippen MR) is 79.0 cm³/mol. The number of hydrogen-bond donors (Lipinski definition) is 1. The summed E-state index contributed by atoms with van der Waals surface area (Å²) < 4.78 is 18.5. The lowest BCUT2D eigenvalue weighted by Crippen LogP contribution is -2.43. The molecule has 3 amide bonds. The summed E-state index contributed by atoms with van der Waals surface area (Å²) in [4.78, 5) is 37.3. The van der Waals surface area contributed by atoms with E-state index in [1.54, 1.807) is 13.8 Å². The summed E-state index contributed by atoms with van der Waals surface area (Å²) in [6.07, 6.45) is -0.0718. The van der Waals surface area contributed by atoms with E-state index in [0.29, 0.717) is 11.0 Å². The molecule has 1 aliphatic rings. The minimum absolute atomic E-state index is 0.0335. The van der Waals surface area contributed by atoms with Gasteiger partial charge in [0.25, 0.3) is 11.8 Å². The number of carbonyl (C=O) groups is 3. The number of rotatable bonds is 3. The molecule has 1 aliphatic heterocycles. The summed E-state index contributed by atoms with van der Waals surface area (Å²) in [5.41, 5.74) is 0.370. The van der Waals surface area contributed by atoms with Crippen molar-refractivity contribution < 1.29 is 23.2 Å². The lowest BCUT2D eigenvalue weighted by atomic mass is 10.2. The Morgan fingerprint density at radius 3 is 2.74 bits per heavy atom. The molecule has 1 N–H and O–H groups in total. The number of carbonyl (C=O) groups excluding carboxylic acids is 3. The van der Waals surface area contributed by atoms with Gasteiger partial charge in [-0.25, -0.2) is 4.39 Å². The molecule has 1 unspecified atom stereocenters. The number of halogens is 1. The Labute approximate surface area is 131 Å². The zero-order chi connectivity index (χ0) is 16.7. The first-order valence-electron chi connectivity index (χ1n) is 7.22. The zero-order valence-electron chi connectivity index (χ0n) is 12.6. The van der Waals surface area contributed by atoms with Crippen molar-refractivity contribution in [2.24, 2.45) is 0 Å². The maximum absolute atomic E-state index is 13.2. The molecule has 1 aromatic carbocycles. The predicted octanol–water partition coefficient (Wildman–Crippen LogP) is 1.84. The van der Waals surface area contributed by atoms with Crippen LogP contribution >= 0.6 is 0 Å². The van der Waals surface area contributed by atoms with Gasteiger partial charge in [0.2, 0.25) is 5.91 Å². The monoisotopic (exact) mass is 318 g/mol. The van der Waals surface area contributed by atoms with Crippen LogP contribution in [0, 0.1) is 5.82 Å². The first-order valence-corrected chi connectivity index (χ1v) is 7.22. The van der Waals surface area contributed by atoms with Crippen LogP contribution in [0.1, 0.15) is 30.8 Å². The molecule has 1 atom stereocenters. The first kappa shape index (κ1) is 15.2. The number of likely N-dealkylation sites (tertiary alicyclic amines) is 1. The molecule has 0 bridgehead atoms. The van der Waals surface area contributed by atoms with Crippen LogP contribution in [0.15, 0.2) is 28.7 Å². The van der Waals surface area contributed by atoms with Gasteiger partial charge in [0.1, 0.15) is 17.4 Å². The standard InChI is InChI=1S/C16H15FN2O4/c1-8(2)19-14(20)7-11(16(19)22)18-15(21)13-6-9-5-10(17)3-4-12(9)23-13/h3-6,8,11H,7H2,1-2H3,(H,18,21). The lowest BCUT2D eigenvalue weighted by molar-refractivity contribution is -0.140. The highest BCUT2D eigenvalue weighted by molar-refractivity contribution is 6.08. The lowest BCUT2D eigenvalue weighted by Gasteiger charge is -2.18. The van der Waals surface area contributed by atoms with E-state index in [4.69, 9.17) is 4.42 Å². The average molecular weight is 318 g/mol. The van der Waals surface area contributed by atoms with Crippen molar-refractivity contribution in [3.8, 4) is 0 Å². The highest BCUT2D eigenvalue weighted by atomic mass is 19.1. The van der Waals surface area contributed by atoms with Crippen molar-refractivity contribution in [2.75, 3.05) is 0 Å². The Balaban J connectivity index is 1.78. The molecule has 1 fully saturated rings. The fourth-order valence-corrected chi connectivity index (χ4v) is 2.66. The molecule has 0 spiro atoms. The second-order valence-corrected chi connectivity index (χ2v) is 5.72. The van der Waals surface area contributed by atoms with E-state index in [-0.39, 0.29) is 24.1 Å². The smallest absolute Gasteiger partial charge is 0.287 e. The van der Waals surface area contributed by atoms with Gasteiger partial charge in [-0.15, -0.1) is 0 Å². The molecule has 6 nitrogen and oxygen atoms in total. The number of furan rings is 1. The Hall–Kier alpha value is -2.70. The number of imide groups is 1. The summed E-state index contributed by atoms with van der Waals surface area (Å²) in [7, 11) is 0. The van der Waals surface area contributed by atoms with Crippen LogP contribution in [-0.4, -0.2) is 34.7 Å². The molecule has 0 aliphatic carbocycles. The van der Waals surface area contributed by atoms with Gasteiger partial charge in [-0.05, 0) is 38.1 Å². The van der Waals surface area contributed by atoms with Gasteiger partial charge >= 0.3 is 0 Å². The minimum atomic E-state index is -0.901. The van der Waals surface area contributed by atoms with Gasteiger partial charge in [-0.1, -0.05) is 0 Å². The van der Waals surface area contributed by atoms with Crippen LogP contribution in [0.25, 0.3) is 11.0 Å². The Morgan fingerprint density at radius 1 is 1.35 bits per heavy atom. The van der Waals surface area contributed by atoms with E-state index < -0.39 is 23.7 Å². The third-order valence-corrected chi connectivity index (χ3v) is 3.71. The van der Waals surface area contributed by atoms with Crippen molar-refractivity contribution in [2.45, 2.75) is 32.4 Å². The van der Waals surface area contributed by atoms with E-state index in [2.05, 4.69) is 5.32 Å². The van der Waals surface area contributed by atoms with Gasteiger partial charge < -0.3 is 9.73 Å². The fraction of sp³-hybridized carbons (Fsp3) is 0.312. The van der Waals surface area contributed by atoms with Crippen molar-refractivity contribution in [3.05, 3.63) is 35.8 Å². The number of hydrogen-bond acceptors (Lipinski definition) is 4. The van der Waals surface area contributed by atoms with Gasteiger partial charge in [-0.2, -0.15) is 0 Å². The van der Waals surface area contributed by atoms with Crippen molar-refractivity contribution >= 4 is 28.7 Å². The molecule has 0 radical (unpaired) electrons. The summed E-state index contributed by atoms with van der Waals surface area (Å²) in [5.74, 6) is -1.83. The molecule has 2 heterocycles. The minimum Gasteiger partial charge on any atom is -0.451 e. The molecule has 7 heteroatoms. The van der Waals surface area contributed by atoms with Crippen LogP contribution in [0.4, 0.5) is 4.39 Å². The molecule has 23 heavy (non-hydrogen) atoms. The molecule has 2 aromatic rings. The topological polar surface area (TPSA) is 79.6 Å². The van der Waals surface area contributed by atoms with Crippen molar-refractivity contribution in [3.63, 3.8) is 0 Å². The van der Waals surface area contributed by atoms with E-state index in [9.17, 15) is 18.8 Å². The maximum atomic E-state index is 13.2. The van der Waals surface area contributed by atoms with E-state index in [0.717, 1.165) is 4.90 Å². The molecule has 3 rings (SSSR count). The Bertz CT molecular complexity index is 812. The number of fused-ring (bicyclic) bond motifs is 1. The number of nitrogens with zero attached hydrogens (tertiary/aromatic N) is 1. The zero-order valence-corrected chi connectivity index (χ0v) is 12.6. The van der Waals surface area contributed by atoms with Crippen LogP contribution in [-0.2, 0) is 9.59 Å². The van der Waals surface area contributed by atoms with Crippen molar-refractivity contribution in [1.82, 2.24) is 10.2 Å². The summed E-state index contributed by atoms with van der Waals surface area (Å²) in [6.45, 7) is 3.46. The van der Waals surface area contributed by atoms with Gasteiger partial charge in [0.15, 0.2) is 5.76 Å². The quantitative estimate of drug-likeness (QED) is 0.876. The Morgan fingerprint density at radius 2 is 2.09 bits per heavy atom. The van der Waals surface area contributed by atoms with Crippen LogP contribution in [0.2, 0.25) is 0 Å². The number of nitrogens with one attached hydrogen (secondary N) is 1. The third-order valence-electron chi connectivity index (χ3n) is 3.71. The van der Waals surface area contributed by atoms with Crippen LogP contribution < -0.4 is 5.32 Å².